The Morgan fingerprint density at radius 3 is 2.69 bits per heavy atom. The van der Waals surface area contributed by atoms with Crippen LogP contribution in [-0.2, 0) is 19.8 Å². The van der Waals surface area contributed by atoms with Gasteiger partial charge in [0.1, 0.15) is 5.52 Å². The molecule has 0 aliphatic rings. The third kappa shape index (κ3) is 3.77. The van der Waals surface area contributed by atoms with Gasteiger partial charge in [-0.1, -0.05) is 5.16 Å². The lowest BCUT2D eigenvalue weighted by atomic mass is 10.3. The van der Waals surface area contributed by atoms with E-state index in [9.17, 15) is 13.2 Å². The smallest absolute Gasteiger partial charge is 0.334 e. The molecule has 0 atom stereocenters. The Morgan fingerprint density at radius 2 is 1.94 bits per heavy atom. The van der Waals surface area contributed by atoms with E-state index in [0.29, 0.717) is 23.1 Å². The first-order valence-electron chi connectivity index (χ1n) is 9.20. The standard InChI is InChI=1S/C19H13F3N8OS/c1-29-7-4-12-17(29)25-9-15(26-12)30(14-8-23-5-6-24-14)10-11-2-3-13(32-11)16-27-18(31-28-16)19(20,21)22/h2-9H,10H2,1H3. The zero-order valence-electron chi connectivity index (χ0n) is 16.4. The van der Waals surface area contributed by atoms with E-state index in [1.807, 2.05) is 28.8 Å². The molecule has 0 unspecified atom stereocenters. The maximum Gasteiger partial charge on any atom is 0.471 e. The molecule has 32 heavy (non-hydrogen) atoms. The van der Waals surface area contributed by atoms with Crippen molar-refractivity contribution in [3.05, 3.63) is 60.0 Å². The Balaban J connectivity index is 1.48. The molecule has 162 valence electrons. The predicted octanol–water partition coefficient (Wildman–Crippen LogP) is 4.23. The van der Waals surface area contributed by atoms with Crippen molar-refractivity contribution in [1.29, 1.82) is 0 Å². The van der Waals surface area contributed by atoms with Gasteiger partial charge in [-0.15, -0.1) is 11.3 Å². The first-order chi connectivity index (χ1) is 15.4. The van der Waals surface area contributed by atoms with Crippen molar-refractivity contribution in [2.45, 2.75) is 12.7 Å². The first-order valence-corrected chi connectivity index (χ1v) is 10.0. The van der Waals surface area contributed by atoms with Gasteiger partial charge in [-0.25, -0.2) is 15.0 Å². The molecule has 9 nitrogen and oxygen atoms in total. The number of fused-ring (bicyclic) bond motifs is 1. The van der Waals surface area contributed by atoms with Crippen molar-refractivity contribution in [2.24, 2.45) is 7.05 Å². The summed E-state index contributed by atoms with van der Waals surface area (Å²) in [7, 11) is 1.88. The fourth-order valence-electron chi connectivity index (χ4n) is 3.04. The van der Waals surface area contributed by atoms with Gasteiger partial charge in [-0.05, 0) is 18.2 Å². The number of alkyl halides is 3. The molecular weight excluding hydrogens is 445 g/mol. The minimum atomic E-state index is -4.69. The van der Waals surface area contributed by atoms with E-state index < -0.39 is 12.1 Å². The van der Waals surface area contributed by atoms with E-state index >= 15 is 0 Å². The van der Waals surface area contributed by atoms with Crippen LogP contribution in [0.25, 0.3) is 21.9 Å². The molecule has 0 saturated carbocycles. The minimum absolute atomic E-state index is 0.120. The van der Waals surface area contributed by atoms with Gasteiger partial charge < -0.3 is 14.0 Å². The summed E-state index contributed by atoms with van der Waals surface area (Å²) in [5.41, 5.74) is 1.46. The average molecular weight is 458 g/mol. The minimum Gasteiger partial charge on any atom is -0.334 e. The van der Waals surface area contributed by atoms with Gasteiger partial charge in [0.15, 0.2) is 17.3 Å². The van der Waals surface area contributed by atoms with Crippen molar-refractivity contribution in [3.63, 3.8) is 0 Å². The second-order valence-electron chi connectivity index (χ2n) is 6.70. The molecule has 0 aliphatic heterocycles. The van der Waals surface area contributed by atoms with E-state index in [1.165, 1.54) is 11.3 Å². The van der Waals surface area contributed by atoms with Crippen LogP contribution in [0.2, 0.25) is 0 Å². The Bertz CT molecular complexity index is 1380. The highest BCUT2D eigenvalue weighted by Gasteiger charge is 2.38. The Kier molecular flexibility index (Phi) is 4.81. The maximum atomic E-state index is 12.8. The highest BCUT2D eigenvalue weighted by molar-refractivity contribution is 7.15. The Hall–Kier alpha value is -3.87. The van der Waals surface area contributed by atoms with Crippen LogP contribution in [0.1, 0.15) is 10.8 Å². The number of nitrogens with zero attached hydrogens (tertiary/aromatic N) is 8. The molecule has 0 spiro atoms. The molecule has 5 aromatic rings. The third-order valence-corrected chi connectivity index (χ3v) is 5.59. The summed E-state index contributed by atoms with van der Waals surface area (Å²) in [6, 6.07) is 5.28. The van der Waals surface area contributed by atoms with Gasteiger partial charge in [0.2, 0.25) is 5.82 Å². The number of hydrogen-bond donors (Lipinski definition) is 0. The van der Waals surface area contributed by atoms with Crippen molar-refractivity contribution in [2.75, 3.05) is 4.90 Å². The summed E-state index contributed by atoms with van der Waals surface area (Å²) in [5.74, 6) is -0.399. The average Bonchev–Trinajstić information content (AvgIpc) is 3.52. The van der Waals surface area contributed by atoms with Crippen molar-refractivity contribution < 1.29 is 17.7 Å². The number of aromatic nitrogens is 7. The van der Waals surface area contributed by atoms with Crippen LogP contribution in [0.15, 0.2) is 53.7 Å². The number of aryl methyl sites for hydroxylation is 1. The highest BCUT2D eigenvalue weighted by atomic mass is 32.1. The lowest BCUT2D eigenvalue weighted by Crippen LogP contribution is -2.18. The second-order valence-corrected chi connectivity index (χ2v) is 7.87. The quantitative estimate of drug-likeness (QED) is 0.386. The van der Waals surface area contributed by atoms with Crippen molar-refractivity contribution >= 4 is 34.1 Å². The number of hydrogen-bond acceptors (Lipinski definition) is 9. The number of halogens is 3. The second kappa shape index (κ2) is 7.67. The lowest BCUT2D eigenvalue weighted by Gasteiger charge is -2.21. The molecule has 0 radical (unpaired) electrons. The van der Waals surface area contributed by atoms with E-state index in [1.54, 1.807) is 36.9 Å². The van der Waals surface area contributed by atoms with Gasteiger partial charge in [0.25, 0.3) is 0 Å². The number of anilines is 2. The molecular formula is C19H13F3N8OS. The summed E-state index contributed by atoms with van der Waals surface area (Å²) in [4.78, 5) is 24.2. The first kappa shape index (κ1) is 20.1. The van der Waals surface area contributed by atoms with E-state index in [0.717, 1.165) is 16.0 Å². The SMILES string of the molecule is Cn1ccc2nc(N(Cc3ccc(-c4noc(C(F)(F)F)n4)s3)c3cnccn3)cnc21. The monoisotopic (exact) mass is 458 g/mol. The van der Waals surface area contributed by atoms with E-state index in [4.69, 9.17) is 0 Å². The molecule has 0 N–H and O–H groups in total. The molecule has 5 heterocycles. The molecule has 5 rings (SSSR count). The fourth-order valence-corrected chi connectivity index (χ4v) is 3.96. The predicted molar refractivity (Wildman–Crippen MR) is 109 cm³/mol. The fraction of sp³-hybridized carbons (Fsp3) is 0.158. The topological polar surface area (TPSA) is 98.7 Å². The Morgan fingerprint density at radius 1 is 1.06 bits per heavy atom. The summed E-state index contributed by atoms with van der Waals surface area (Å²) in [5, 5.41) is 3.44. The largest absolute Gasteiger partial charge is 0.471 e. The van der Waals surface area contributed by atoms with Crippen LogP contribution in [0.4, 0.5) is 24.8 Å². The van der Waals surface area contributed by atoms with Gasteiger partial charge >= 0.3 is 12.1 Å². The molecule has 13 heteroatoms. The van der Waals surface area contributed by atoms with Gasteiger partial charge in [-0.2, -0.15) is 18.2 Å². The van der Waals surface area contributed by atoms with Crippen LogP contribution in [-0.4, -0.2) is 34.6 Å². The van der Waals surface area contributed by atoms with Crippen LogP contribution in [0.3, 0.4) is 0 Å². The molecule has 0 fully saturated rings. The summed E-state index contributed by atoms with van der Waals surface area (Å²) in [6.07, 6.45) is 3.54. The van der Waals surface area contributed by atoms with E-state index in [-0.39, 0.29) is 5.82 Å². The maximum absolute atomic E-state index is 12.8. The third-order valence-electron chi connectivity index (χ3n) is 4.52. The van der Waals surface area contributed by atoms with Crippen molar-refractivity contribution in [3.8, 4) is 10.7 Å². The molecule has 0 saturated heterocycles. The number of thiophene rings is 1. The lowest BCUT2D eigenvalue weighted by molar-refractivity contribution is -0.159. The van der Waals surface area contributed by atoms with Crippen molar-refractivity contribution in [1.82, 2.24) is 34.6 Å². The number of rotatable bonds is 5. The van der Waals surface area contributed by atoms with E-state index in [2.05, 4.69) is 34.6 Å². The Labute approximate surface area is 182 Å². The zero-order chi connectivity index (χ0) is 22.3. The summed E-state index contributed by atoms with van der Waals surface area (Å²) >= 11 is 1.24. The van der Waals surface area contributed by atoms with Crippen LogP contribution >= 0.6 is 11.3 Å². The highest BCUT2D eigenvalue weighted by Crippen LogP contribution is 2.33. The van der Waals surface area contributed by atoms with Gasteiger partial charge in [0, 0.05) is 30.5 Å². The molecule has 5 aromatic heterocycles. The van der Waals surface area contributed by atoms with Crippen LogP contribution in [0, 0.1) is 0 Å². The van der Waals surface area contributed by atoms with Gasteiger partial charge in [0.05, 0.1) is 23.8 Å². The van der Waals surface area contributed by atoms with Crippen LogP contribution < -0.4 is 4.90 Å². The zero-order valence-corrected chi connectivity index (χ0v) is 17.2. The molecule has 0 aliphatic carbocycles. The molecule has 0 aromatic carbocycles. The normalized spacial score (nSPS) is 11.9. The summed E-state index contributed by atoms with van der Waals surface area (Å²) < 4.78 is 44.5. The van der Waals surface area contributed by atoms with Gasteiger partial charge in [-0.3, -0.25) is 4.98 Å². The molecule has 0 bridgehead atoms. The van der Waals surface area contributed by atoms with Crippen LogP contribution in [0.5, 0.6) is 0 Å². The molecule has 0 amide bonds. The summed E-state index contributed by atoms with van der Waals surface area (Å²) in [6.45, 7) is 0.334.